The molecule has 0 radical (unpaired) electrons. The molecular formula is C15H24N6. The highest BCUT2D eigenvalue weighted by Crippen LogP contribution is 2.66. The molecule has 1 aromatic heterocycles. The van der Waals surface area contributed by atoms with Gasteiger partial charge in [0.2, 0.25) is 17.8 Å². The van der Waals surface area contributed by atoms with Gasteiger partial charge >= 0.3 is 0 Å². The maximum absolute atomic E-state index is 4.55. The van der Waals surface area contributed by atoms with Gasteiger partial charge in [-0.05, 0) is 49.9 Å². The van der Waals surface area contributed by atoms with Gasteiger partial charge in [-0.15, -0.1) is 0 Å². The number of hydrogen-bond acceptors (Lipinski definition) is 6. The summed E-state index contributed by atoms with van der Waals surface area (Å²) in [5, 5.41) is 6.77. The van der Waals surface area contributed by atoms with Crippen LogP contribution in [0.5, 0.6) is 0 Å². The molecule has 3 aliphatic carbocycles. The molecule has 2 bridgehead atoms. The van der Waals surface area contributed by atoms with Crippen LogP contribution in [0.4, 0.5) is 17.8 Å². The third kappa shape index (κ3) is 2.12. The Morgan fingerprint density at radius 1 is 1.05 bits per heavy atom. The van der Waals surface area contributed by atoms with Crippen LogP contribution in [0, 0.1) is 23.7 Å². The Morgan fingerprint density at radius 2 is 1.71 bits per heavy atom. The molecule has 114 valence electrons. The van der Waals surface area contributed by atoms with Crippen molar-refractivity contribution in [3.63, 3.8) is 0 Å². The molecule has 2 N–H and O–H groups in total. The summed E-state index contributed by atoms with van der Waals surface area (Å²) in [5.41, 5.74) is 0. The van der Waals surface area contributed by atoms with Crippen molar-refractivity contribution in [1.29, 1.82) is 0 Å². The summed E-state index contributed by atoms with van der Waals surface area (Å²) in [6, 6.07) is 0.600. The number of nitrogens with zero attached hydrogens (tertiary/aromatic N) is 4. The number of nitrogens with one attached hydrogen (secondary N) is 2. The minimum absolute atomic E-state index is 0.600. The smallest absolute Gasteiger partial charge is 0.231 e. The molecule has 3 aliphatic rings. The fraction of sp³-hybridized carbons (Fsp3) is 0.800. The lowest BCUT2D eigenvalue weighted by molar-refractivity contribution is 0.456. The normalized spacial score (nSPS) is 35.5. The van der Waals surface area contributed by atoms with E-state index < -0.39 is 0 Å². The van der Waals surface area contributed by atoms with Gasteiger partial charge in [-0.25, -0.2) is 0 Å². The topological polar surface area (TPSA) is 66.0 Å². The first kappa shape index (κ1) is 13.1. The summed E-state index contributed by atoms with van der Waals surface area (Å²) in [5.74, 6) is 5.77. The van der Waals surface area contributed by atoms with Gasteiger partial charge in [0, 0.05) is 26.7 Å². The molecule has 1 aromatic rings. The number of aromatic nitrogens is 3. The van der Waals surface area contributed by atoms with E-state index in [1.54, 1.807) is 0 Å². The Hall–Kier alpha value is -1.59. The van der Waals surface area contributed by atoms with Crippen LogP contribution in [-0.2, 0) is 0 Å². The van der Waals surface area contributed by atoms with E-state index in [9.17, 15) is 0 Å². The Bertz CT molecular complexity index is 529. The van der Waals surface area contributed by atoms with Gasteiger partial charge in [0.05, 0.1) is 0 Å². The van der Waals surface area contributed by atoms with Crippen LogP contribution in [0.3, 0.4) is 0 Å². The number of hydrogen-bond donors (Lipinski definition) is 2. The van der Waals surface area contributed by atoms with Crippen LogP contribution >= 0.6 is 0 Å². The van der Waals surface area contributed by atoms with E-state index in [1.807, 2.05) is 19.0 Å². The number of fused-ring (bicyclic) bond motifs is 5. The second-order valence-corrected chi connectivity index (χ2v) is 6.87. The highest BCUT2D eigenvalue weighted by atomic mass is 15.3. The lowest BCUT2D eigenvalue weighted by Crippen LogP contribution is -2.19. The van der Waals surface area contributed by atoms with E-state index in [4.69, 9.17) is 0 Å². The molecule has 0 amide bonds. The van der Waals surface area contributed by atoms with Gasteiger partial charge in [0.25, 0.3) is 0 Å². The Labute approximate surface area is 125 Å². The molecular weight excluding hydrogens is 264 g/mol. The molecule has 3 saturated carbocycles. The van der Waals surface area contributed by atoms with Crippen LogP contribution in [-0.4, -0.2) is 41.6 Å². The summed E-state index contributed by atoms with van der Waals surface area (Å²) in [6.07, 6.45) is 4.34. The van der Waals surface area contributed by atoms with Gasteiger partial charge in [-0.2, -0.15) is 15.0 Å². The molecule has 3 fully saturated rings. The van der Waals surface area contributed by atoms with Gasteiger partial charge in [0.1, 0.15) is 0 Å². The monoisotopic (exact) mass is 288 g/mol. The number of anilines is 3. The first-order valence-electron chi connectivity index (χ1n) is 8.11. The third-order valence-electron chi connectivity index (χ3n) is 5.39. The van der Waals surface area contributed by atoms with Crippen molar-refractivity contribution in [1.82, 2.24) is 15.0 Å². The van der Waals surface area contributed by atoms with Crippen molar-refractivity contribution < 1.29 is 0 Å². The molecule has 6 heteroatoms. The summed E-state index contributed by atoms with van der Waals surface area (Å²) >= 11 is 0. The van der Waals surface area contributed by atoms with Crippen molar-refractivity contribution in [2.45, 2.75) is 32.2 Å². The molecule has 4 rings (SSSR count). The SMILES string of the molecule is CCNc1nc(NC2C3C4CCC(C4)C23)nc(N(C)C)n1. The van der Waals surface area contributed by atoms with Crippen molar-refractivity contribution >= 4 is 17.8 Å². The molecule has 1 heterocycles. The molecule has 4 atom stereocenters. The van der Waals surface area contributed by atoms with Crippen molar-refractivity contribution in [2.24, 2.45) is 23.7 Å². The summed E-state index contributed by atoms with van der Waals surface area (Å²) in [4.78, 5) is 15.4. The maximum Gasteiger partial charge on any atom is 0.231 e. The second-order valence-electron chi connectivity index (χ2n) is 6.87. The predicted molar refractivity (Wildman–Crippen MR) is 83.5 cm³/mol. The molecule has 4 unspecified atom stereocenters. The van der Waals surface area contributed by atoms with Crippen molar-refractivity contribution in [2.75, 3.05) is 36.2 Å². The predicted octanol–water partition coefficient (Wildman–Crippen LogP) is 1.83. The van der Waals surface area contributed by atoms with Gasteiger partial charge in [-0.1, -0.05) is 0 Å². The lowest BCUT2D eigenvalue weighted by Gasteiger charge is -2.15. The molecule has 6 nitrogen and oxygen atoms in total. The van der Waals surface area contributed by atoms with Gasteiger partial charge in [0.15, 0.2) is 0 Å². The Kier molecular flexibility index (Phi) is 2.94. The largest absolute Gasteiger partial charge is 0.354 e. The van der Waals surface area contributed by atoms with E-state index in [2.05, 4.69) is 32.5 Å². The third-order valence-corrected chi connectivity index (χ3v) is 5.39. The average molecular weight is 288 g/mol. The molecule has 21 heavy (non-hydrogen) atoms. The first-order chi connectivity index (χ1) is 10.2. The van der Waals surface area contributed by atoms with E-state index >= 15 is 0 Å². The standard InChI is InChI=1S/C15H24N6/c1-4-16-13-18-14(20-15(19-13)21(2)3)17-12-10-8-5-6-9(7-8)11(10)12/h8-12H,4-7H2,1-3H3,(H2,16,17,18,19,20). The summed E-state index contributed by atoms with van der Waals surface area (Å²) in [7, 11) is 3.92. The molecule has 0 aromatic carbocycles. The molecule has 0 aliphatic heterocycles. The average Bonchev–Trinajstić information content (AvgIpc) is 2.84. The number of rotatable bonds is 5. The zero-order valence-corrected chi connectivity index (χ0v) is 13.0. The summed E-state index contributed by atoms with van der Waals surface area (Å²) in [6.45, 7) is 2.87. The highest BCUT2D eigenvalue weighted by molar-refractivity contribution is 5.45. The van der Waals surface area contributed by atoms with E-state index in [0.717, 1.165) is 36.2 Å². The van der Waals surface area contributed by atoms with Crippen LogP contribution in [0.25, 0.3) is 0 Å². The van der Waals surface area contributed by atoms with Crippen LogP contribution in [0.2, 0.25) is 0 Å². The molecule has 0 spiro atoms. The summed E-state index contributed by atoms with van der Waals surface area (Å²) < 4.78 is 0. The zero-order valence-electron chi connectivity index (χ0n) is 13.0. The fourth-order valence-corrected chi connectivity index (χ4v) is 4.53. The molecule has 0 saturated heterocycles. The van der Waals surface area contributed by atoms with E-state index in [-0.39, 0.29) is 0 Å². The van der Waals surface area contributed by atoms with Crippen LogP contribution in [0.15, 0.2) is 0 Å². The van der Waals surface area contributed by atoms with Crippen molar-refractivity contribution in [3.8, 4) is 0 Å². The van der Waals surface area contributed by atoms with Gasteiger partial charge < -0.3 is 15.5 Å². The minimum atomic E-state index is 0.600. The highest BCUT2D eigenvalue weighted by Gasteiger charge is 2.65. The van der Waals surface area contributed by atoms with Crippen molar-refractivity contribution in [3.05, 3.63) is 0 Å². The van der Waals surface area contributed by atoms with Crippen LogP contribution < -0.4 is 15.5 Å². The lowest BCUT2D eigenvalue weighted by atomic mass is 10.0. The van der Waals surface area contributed by atoms with E-state index in [0.29, 0.717) is 17.9 Å². The Morgan fingerprint density at radius 3 is 2.33 bits per heavy atom. The fourth-order valence-electron chi connectivity index (χ4n) is 4.53. The minimum Gasteiger partial charge on any atom is -0.354 e. The Balaban J connectivity index is 1.52. The van der Waals surface area contributed by atoms with E-state index in [1.165, 1.54) is 19.3 Å². The second kappa shape index (κ2) is 4.71. The van der Waals surface area contributed by atoms with Crippen LogP contribution in [0.1, 0.15) is 26.2 Å². The quantitative estimate of drug-likeness (QED) is 0.861. The maximum atomic E-state index is 4.55. The first-order valence-corrected chi connectivity index (χ1v) is 8.11. The van der Waals surface area contributed by atoms with Gasteiger partial charge in [-0.3, -0.25) is 0 Å². The zero-order chi connectivity index (χ0) is 14.6.